The molecule has 0 unspecified atom stereocenters. The lowest BCUT2D eigenvalue weighted by Gasteiger charge is -2.01. The van der Waals surface area contributed by atoms with Crippen LogP contribution >= 0.6 is 0 Å². The molecule has 0 aliphatic rings. The number of nitrogens with zero attached hydrogens (tertiary/aromatic N) is 3. The van der Waals surface area contributed by atoms with Gasteiger partial charge in [0.2, 0.25) is 0 Å². The molecule has 3 nitrogen and oxygen atoms in total. The number of hydrogen-bond donors (Lipinski definition) is 0. The first-order valence-electron chi connectivity index (χ1n) is 3.81. The van der Waals surface area contributed by atoms with Crippen molar-refractivity contribution in [3.63, 3.8) is 0 Å². The number of pyridine rings is 1. The lowest BCUT2D eigenvalue weighted by atomic mass is 10.1. The molecule has 0 radical (unpaired) electrons. The Balaban J connectivity index is 2.95. The van der Waals surface area contributed by atoms with Gasteiger partial charge in [-0.3, -0.25) is 4.98 Å². The summed E-state index contributed by atoms with van der Waals surface area (Å²) in [5, 5.41) is 9.89. The molecule has 0 aromatic carbocycles. The van der Waals surface area contributed by atoms with Crippen molar-refractivity contribution in [2.75, 3.05) is 0 Å². The highest BCUT2D eigenvalue weighted by Gasteiger charge is 2.00. The van der Waals surface area contributed by atoms with Gasteiger partial charge in [-0.15, -0.1) is 0 Å². The zero-order chi connectivity index (χ0) is 8.55. The summed E-state index contributed by atoms with van der Waals surface area (Å²) < 4.78 is 0. The van der Waals surface area contributed by atoms with Crippen LogP contribution in [-0.4, -0.2) is 15.2 Å². The van der Waals surface area contributed by atoms with Crippen LogP contribution in [0.5, 0.6) is 0 Å². The fraction of sp³-hybridized carbons (Fsp3) is 0.222. The van der Waals surface area contributed by atoms with Crippen LogP contribution < -0.4 is 0 Å². The van der Waals surface area contributed by atoms with Gasteiger partial charge in [0.05, 0.1) is 12.4 Å². The molecule has 60 valence electrons. The highest BCUT2D eigenvalue weighted by Crippen LogP contribution is 2.16. The molecule has 0 bridgehead atoms. The van der Waals surface area contributed by atoms with E-state index >= 15 is 0 Å². The van der Waals surface area contributed by atoms with Crippen molar-refractivity contribution in [2.45, 2.75) is 13.8 Å². The largest absolute Gasteiger partial charge is 0.261 e. The minimum atomic E-state index is 1.01. The van der Waals surface area contributed by atoms with Gasteiger partial charge in [0, 0.05) is 22.7 Å². The Kier molecular flexibility index (Phi) is 1.50. The van der Waals surface area contributed by atoms with E-state index in [2.05, 4.69) is 15.2 Å². The first kappa shape index (κ1) is 7.16. The van der Waals surface area contributed by atoms with Gasteiger partial charge in [-0.1, -0.05) is 0 Å². The maximum absolute atomic E-state index is 4.24. The third kappa shape index (κ3) is 0.942. The molecule has 0 N–H and O–H groups in total. The summed E-state index contributed by atoms with van der Waals surface area (Å²) in [6, 6.07) is 0. The molecule has 2 rings (SSSR count). The maximum Gasteiger partial charge on any atom is 0.0593 e. The minimum absolute atomic E-state index is 1.01. The highest BCUT2D eigenvalue weighted by molar-refractivity contribution is 5.85. The number of aromatic nitrogens is 3. The van der Waals surface area contributed by atoms with E-state index in [4.69, 9.17) is 0 Å². The van der Waals surface area contributed by atoms with Gasteiger partial charge in [0.1, 0.15) is 0 Å². The van der Waals surface area contributed by atoms with E-state index in [1.165, 1.54) is 0 Å². The molecular weight excluding hydrogens is 150 g/mol. The van der Waals surface area contributed by atoms with E-state index < -0.39 is 0 Å². The SMILES string of the molecule is Cc1cnc(C)c2cnncc12. The van der Waals surface area contributed by atoms with E-state index in [0.717, 1.165) is 22.0 Å². The Hall–Kier alpha value is -1.51. The first-order valence-corrected chi connectivity index (χ1v) is 3.81. The third-order valence-corrected chi connectivity index (χ3v) is 2.00. The van der Waals surface area contributed by atoms with Crippen LogP contribution in [0.25, 0.3) is 10.8 Å². The zero-order valence-electron chi connectivity index (χ0n) is 7.07. The molecule has 0 spiro atoms. The Morgan fingerprint density at radius 3 is 2.25 bits per heavy atom. The summed E-state index contributed by atoms with van der Waals surface area (Å²) in [6.45, 7) is 4.00. The predicted molar refractivity (Wildman–Crippen MR) is 46.8 cm³/mol. The van der Waals surface area contributed by atoms with E-state index in [9.17, 15) is 0 Å². The van der Waals surface area contributed by atoms with Crippen molar-refractivity contribution >= 4 is 10.8 Å². The molecule has 2 aromatic heterocycles. The Labute approximate surface area is 70.5 Å². The quantitative estimate of drug-likeness (QED) is 0.586. The molecule has 2 aromatic rings. The Morgan fingerprint density at radius 1 is 0.917 bits per heavy atom. The number of fused-ring (bicyclic) bond motifs is 1. The van der Waals surface area contributed by atoms with Gasteiger partial charge in [0.25, 0.3) is 0 Å². The maximum atomic E-state index is 4.24. The molecule has 3 heteroatoms. The van der Waals surface area contributed by atoms with E-state index in [-0.39, 0.29) is 0 Å². The van der Waals surface area contributed by atoms with Crippen LogP contribution in [0.4, 0.5) is 0 Å². The van der Waals surface area contributed by atoms with Crippen molar-refractivity contribution in [3.05, 3.63) is 29.8 Å². The van der Waals surface area contributed by atoms with Crippen LogP contribution in [0.1, 0.15) is 11.3 Å². The van der Waals surface area contributed by atoms with Gasteiger partial charge in [-0.2, -0.15) is 10.2 Å². The van der Waals surface area contributed by atoms with Gasteiger partial charge in [-0.05, 0) is 19.4 Å². The summed E-state index contributed by atoms with van der Waals surface area (Å²) in [5.74, 6) is 0. The smallest absolute Gasteiger partial charge is 0.0593 e. The molecule has 0 aliphatic heterocycles. The van der Waals surface area contributed by atoms with Crippen LogP contribution in [-0.2, 0) is 0 Å². The monoisotopic (exact) mass is 159 g/mol. The Bertz CT molecular complexity index is 383. The van der Waals surface area contributed by atoms with Crippen LogP contribution in [0, 0.1) is 13.8 Å². The normalized spacial score (nSPS) is 10.5. The molecule has 0 aliphatic carbocycles. The van der Waals surface area contributed by atoms with Gasteiger partial charge in [0.15, 0.2) is 0 Å². The highest BCUT2D eigenvalue weighted by atomic mass is 15.1. The van der Waals surface area contributed by atoms with Crippen molar-refractivity contribution in [1.29, 1.82) is 0 Å². The zero-order valence-corrected chi connectivity index (χ0v) is 7.07. The van der Waals surface area contributed by atoms with Crippen LogP contribution in [0.15, 0.2) is 18.6 Å². The predicted octanol–water partition coefficient (Wildman–Crippen LogP) is 1.64. The molecule has 0 saturated heterocycles. The Morgan fingerprint density at radius 2 is 1.58 bits per heavy atom. The fourth-order valence-electron chi connectivity index (χ4n) is 1.26. The minimum Gasteiger partial charge on any atom is -0.261 e. The molecule has 0 atom stereocenters. The summed E-state index contributed by atoms with van der Waals surface area (Å²) in [4.78, 5) is 4.24. The van der Waals surface area contributed by atoms with Crippen LogP contribution in [0.3, 0.4) is 0 Å². The summed E-state index contributed by atoms with van der Waals surface area (Å²) in [5.41, 5.74) is 2.15. The number of rotatable bonds is 0. The summed E-state index contributed by atoms with van der Waals surface area (Å²) in [6.07, 6.45) is 5.39. The van der Waals surface area contributed by atoms with Crippen molar-refractivity contribution in [1.82, 2.24) is 15.2 Å². The number of hydrogen-bond acceptors (Lipinski definition) is 3. The van der Waals surface area contributed by atoms with E-state index in [1.807, 2.05) is 20.0 Å². The molecule has 0 fully saturated rings. The fourth-order valence-corrected chi connectivity index (χ4v) is 1.26. The second-order valence-electron chi connectivity index (χ2n) is 2.84. The molecule has 0 saturated carbocycles. The third-order valence-electron chi connectivity index (χ3n) is 2.00. The molecule has 0 amide bonds. The second-order valence-corrected chi connectivity index (χ2v) is 2.84. The lowest BCUT2D eigenvalue weighted by Crippen LogP contribution is -1.89. The van der Waals surface area contributed by atoms with Crippen molar-refractivity contribution in [2.24, 2.45) is 0 Å². The first-order chi connectivity index (χ1) is 5.79. The van der Waals surface area contributed by atoms with E-state index in [1.54, 1.807) is 12.4 Å². The average Bonchev–Trinajstić information content (AvgIpc) is 2.12. The summed E-state index contributed by atoms with van der Waals surface area (Å²) in [7, 11) is 0. The lowest BCUT2D eigenvalue weighted by molar-refractivity contribution is 1.04. The van der Waals surface area contributed by atoms with Gasteiger partial charge >= 0.3 is 0 Å². The molecule has 12 heavy (non-hydrogen) atoms. The topological polar surface area (TPSA) is 38.7 Å². The van der Waals surface area contributed by atoms with Gasteiger partial charge in [-0.25, -0.2) is 0 Å². The molecule has 2 heterocycles. The van der Waals surface area contributed by atoms with Crippen LogP contribution in [0.2, 0.25) is 0 Å². The van der Waals surface area contributed by atoms with Crippen molar-refractivity contribution in [3.8, 4) is 0 Å². The number of aryl methyl sites for hydroxylation is 2. The summed E-state index contributed by atoms with van der Waals surface area (Å²) >= 11 is 0. The standard InChI is InChI=1S/C9H9N3/c1-6-3-10-7(2)9-5-12-11-4-8(6)9/h3-5H,1-2H3. The average molecular weight is 159 g/mol. The van der Waals surface area contributed by atoms with Crippen molar-refractivity contribution < 1.29 is 0 Å². The van der Waals surface area contributed by atoms with E-state index in [0.29, 0.717) is 0 Å². The van der Waals surface area contributed by atoms with Gasteiger partial charge < -0.3 is 0 Å². The molecular formula is C9H9N3. The second kappa shape index (κ2) is 2.52.